The van der Waals surface area contributed by atoms with Crippen LogP contribution in [-0.4, -0.2) is 11.6 Å². The zero-order chi connectivity index (χ0) is 5.11. The molecule has 0 aromatic rings. The summed E-state index contributed by atoms with van der Waals surface area (Å²) in [5.41, 5.74) is 0. The van der Waals surface area contributed by atoms with Crippen LogP contribution in [0.5, 0.6) is 0 Å². The van der Waals surface area contributed by atoms with E-state index in [1.807, 2.05) is 16.6 Å². The van der Waals surface area contributed by atoms with Crippen molar-refractivity contribution < 1.29 is 0 Å². The summed E-state index contributed by atoms with van der Waals surface area (Å²) in [6, 6.07) is 0. The van der Waals surface area contributed by atoms with Gasteiger partial charge in [0.2, 0.25) is 0 Å². The fraction of sp³-hybridized carbons (Fsp3) is 0.250. The lowest BCUT2D eigenvalue weighted by Crippen LogP contribution is -2.22. The number of hydrogen-bond acceptors (Lipinski definition) is 3. The van der Waals surface area contributed by atoms with E-state index in [1.165, 1.54) is 0 Å². The maximum Gasteiger partial charge on any atom is 0.0347 e. The van der Waals surface area contributed by atoms with Gasteiger partial charge in [0.05, 0.1) is 0 Å². The summed E-state index contributed by atoms with van der Waals surface area (Å²) in [7, 11) is 0. The Morgan fingerprint density at radius 3 is 3.00 bits per heavy atom. The predicted octanol–water partition coefficient (Wildman–Crippen LogP) is 0.760. The minimum Gasteiger partial charge on any atom is -0.305 e. The van der Waals surface area contributed by atoms with Crippen LogP contribution in [0.1, 0.15) is 0 Å². The summed E-state index contributed by atoms with van der Waals surface area (Å²) >= 11 is 1.56. The second kappa shape index (κ2) is 2.23. The van der Waals surface area contributed by atoms with E-state index in [4.69, 9.17) is 0 Å². The number of nitrogens with one attached hydrogen (secondary N) is 1. The standard InChI is InChI=1S/C4H7N2S/c1-2-6-3-4-7-5-6/h3-5H,1-2H2. The van der Waals surface area contributed by atoms with Crippen molar-refractivity contribution in [1.29, 1.82) is 0 Å². The minimum absolute atomic E-state index is 0.781. The molecule has 1 aliphatic heterocycles. The van der Waals surface area contributed by atoms with Crippen LogP contribution in [0, 0.1) is 6.92 Å². The summed E-state index contributed by atoms with van der Waals surface area (Å²) in [4.78, 5) is 2.98. The summed E-state index contributed by atoms with van der Waals surface area (Å²) < 4.78 is 0. The first-order valence-electron chi connectivity index (χ1n) is 2.07. The van der Waals surface area contributed by atoms with Crippen molar-refractivity contribution in [1.82, 2.24) is 9.84 Å². The Balaban J connectivity index is 2.28. The third-order valence-electron chi connectivity index (χ3n) is 0.720. The first-order chi connectivity index (χ1) is 3.43. The van der Waals surface area contributed by atoms with Gasteiger partial charge in [0, 0.05) is 18.2 Å². The smallest absolute Gasteiger partial charge is 0.0347 e. The Bertz CT molecular complexity index is 81.8. The van der Waals surface area contributed by atoms with Crippen molar-refractivity contribution >= 4 is 11.9 Å². The lowest BCUT2D eigenvalue weighted by atomic mass is 10.7. The first kappa shape index (κ1) is 5.00. The van der Waals surface area contributed by atoms with Crippen LogP contribution in [0.15, 0.2) is 11.6 Å². The van der Waals surface area contributed by atoms with Gasteiger partial charge < -0.3 is 5.01 Å². The molecule has 0 bridgehead atoms. The molecule has 1 aliphatic rings. The Morgan fingerprint density at radius 2 is 2.71 bits per heavy atom. The van der Waals surface area contributed by atoms with Gasteiger partial charge in [-0.05, 0) is 18.9 Å². The molecule has 0 aromatic carbocycles. The van der Waals surface area contributed by atoms with E-state index in [0.29, 0.717) is 0 Å². The SMILES string of the molecule is [CH2]CN1C=CSN1. The van der Waals surface area contributed by atoms with E-state index in [9.17, 15) is 0 Å². The molecule has 0 aliphatic carbocycles. The lowest BCUT2D eigenvalue weighted by Gasteiger charge is -2.09. The maximum atomic E-state index is 3.67. The molecule has 1 rings (SSSR count). The first-order valence-corrected chi connectivity index (χ1v) is 2.95. The third-order valence-corrected chi connectivity index (χ3v) is 1.32. The van der Waals surface area contributed by atoms with E-state index in [2.05, 4.69) is 11.8 Å². The van der Waals surface area contributed by atoms with Crippen LogP contribution >= 0.6 is 11.9 Å². The second-order valence-electron chi connectivity index (χ2n) is 1.19. The molecule has 0 aromatic heterocycles. The highest BCUT2D eigenvalue weighted by Crippen LogP contribution is 2.05. The molecule has 0 spiro atoms. The van der Waals surface area contributed by atoms with Gasteiger partial charge in [0.25, 0.3) is 0 Å². The summed E-state index contributed by atoms with van der Waals surface area (Å²) in [5.74, 6) is 0. The van der Waals surface area contributed by atoms with Gasteiger partial charge in [-0.25, -0.2) is 0 Å². The lowest BCUT2D eigenvalue weighted by molar-refractivity contribution is 0.400. The zero-order valence-corrected chi connectivity index (χ0v) is 4.74. The van der Waals surface area contributed by atoms with E-state index < -0.39 is 0 Å². The molecule has 0 unspecified atom stereocenters. The molecule has 2 nitrogen and oxygen atoms in total. The Hall–Kier alpha value is -0.150. The highest BCUT2D eigenvalue weighted by molar-refractivity contribution is 8.00. The molecule has 0 fully saturated rings. The highest BCUT2D eigenvalue weighted by Gasteiger charge is 1.96. The van der Waals surface area contributed by atoms with Crippen molar-refractivity contribution in [3.05, 3.63) is 18.5 Å². The van der Waals surface area contributed by atoms with Gasteiger partial charge in [0.1, 0.15) is 0 Å². The molecule has 0 amide bonds. The van der Waals surface area contributed by atoms with Crippen LogP contribution < -0.4 is 4.83 Å². The quantitative estimate of drug-likeness (QED) is 0.508. The Labute approximate surface area is 47.7 Å². The minimum atomic E-state index is 0.781. The van der Waals surface area contributed by atoms with Crippen molar-refractivity contribution in [3.63, 3.8) is 0 Å². The van der Waals surface area contributed by atoms with E-state index in [-0.39, 0.29) is 0 Å². The molecule has 0 saturated heterocycles. The van der Waals surface area contributed by atoms with Gasteiger partial charge >= 0.3 is 0 Å². The Morgan fingerprint density at radius 1 is 1.86 bits per heavy atom. The van der Waals surface area contributed by atoms with E-state index >= 15 is 0 Å². The molecule has 1 radical (unpaired) electrons. The topological polar surface area (TPSA) is 15.3 Å². The van der Waals surface area contributed by atoms with Crippen molar-refractivity contribution in [2.45, 2.75) is 0 Å². The Kier molecular flexibility index (Phi) is 1.59. The monoisotopic (exact) mass is 115 g/mol. The predicted molar refractivity (Wildman–Crippen MR) is 31.9 cm³/mol. The fourth-order valence-electron chi connectivity index (χ4n) is 0.353. The van der Waals surface area contributed by atoms with Gasteiger partial charge in [-0.3, -0.25) is 0 Å². The number of hydrazine groups is 1. The molecular weight excluding hydrogens is 108 g/mol. The molecule has 7 heavy (non-hydrogen) atoms. The second-order valence-corrected chi connectivity index (χ2v) is 1.88. The van der Waals surface area contributed by atoms with Crippen LogP contribution in [0.4, 0.5) is 0 Å². The average molecular weight is 115 g/mol. The number of hydrogen-bond donors (Lipinski definition) is 1. The van der Waals surface area contributed by atoms with Crippen LogP contribution in [0.25, 0.3) is 0 Å². The largest absolute Gasteiger partial charge is 0.305 e. The van der Waals surface area contributed by atoms with Gasteiger partial charge in [-0.15, -0.1) is 0 Å². The van der Waals surface area contributed by atoms with Crippen molar-refractivity contribution in [2.75, 3.05) is 6.54 Å². The zero-order valence-electron chi connectivity index (χ0n) is 3.92. The summed E-state index contributed by atoms with van der Waals surface area (Å²) in [5, 5.41) is 3.88. The number of nitrogens with zero attached hydrogens (tertiary/aromatic N) is 1. The van der Waals surface area contributed by atoms with Crippen LogP contribution in [0.3, 0.4) is 0 Å². The maximum absolute atomic E-state index is 3.67. The van der Waals surface area contributed by atoms with Crippen molar-refractivity contribution in [2.24, 2.45) is 0 Å². The van der Waals surface area contributed by atoms with Crippen molar-refractivity contribution in [3.8, 4) is 0 Å². The third kappa shape index (κ3) is 1.11. The van der Waals surface area contributed by atoms with Crippen LogP contribution in [0.2, 0.25) is 0 Å². The van der Waals surface area contributed by atoms with Gasteiger partial charge in [0.15, 0.2) is 0 Å². The summed E-state index contributed by atoms with van der Waals surface area (Å²) in [6.45, 7) is 4.45. The van der Waals surface area contributed by atoms with Crippen LogP contribution in [-0.2, 0) is 0 Å². The van der Waals surface area contributed by atoms with Gasteiger partial charge in [-0.2, -0.15) is 4.83 Å². The summed E-state index contributed by atoms with van der Waals surface area (Å²) in [6.07, 6.45) is 1.96. The molecule has 39 valence electrons. The molecule has 0 saturated carbocycles. The van der Waals surface area contributed by atoms with Gasteiger partial charge in [-0.1, -0.05) is 0 Å². The highest BCUT2D eigenvalue weighted by atomic mass is 32.2. The molecule has 3 heteroatoms. The molecular formula is C4H7N2S. The molecule has 1 N–H and O–H groups in total. The van der Waals surface area contributed by atoms with E-state index in [1.54, 1.807) is 11.9 Å². The normalized spacial score (nSPS) is 18.7. The number of rotatable bonds is 1. The van der Waals surface area contributed by atoms with E-state index in [0.717, 1.165) is 6.54 Å². The molecule has 0 atom stereocenters. The fourth-order valence-corrected chi connectivity index (χ4v) is 0.909. The average Bonchev–Trinajstić information content (AvgIpc) is 2.14. The molecule has 1 heterocycles.